The van der Waals surface area contributed by atoms with Crippen LogP contribution in [0.25, 0.3) is 80.7 Å². The average Bonchev–Trinajstić information content (AvgIpc) is 3.97. The van der Waals surface area contributed by atoms with Gasteiger partial charge in [0.2, 0.25) is 0 Å². The highest BCUT2D eigenvalue weighted by atomic mass is 32.1. The van der Waals surface area contributed by atoms with Gasteiger partial charge in [-0.2, -0.15) is 0 Å². The lowest BCUT2D eigenvalue weighted by molar-refractivity contribution is 0.204. The van der Waals surface area contributed by atoms with E-state index in [2.05, 4.69) is 203 Å². The molecule has 1 aliphatic rings. The van der Waals surface area contributed by atoms with Gasteiger partial charge in [0.25, 0.3) is 0 Å². The number of fused-ring (bicyclic) bond motifs is 9. The van der Waals surface area contributed by atoms with Crippen LogP contribution in [0.15, 0.2) is 186 Å². The third kappa shape index (κ3) is 5.12. The van der Waals surface area contributed by atoms with Crippen molar-refractivity contribution in [1.29, 1.82) is 0 Å². The fourth-order valence-electron chi connectivity index (χ4n) is 9.24. The Balaban J connectivity index is 1.02. The van der Waals surface area contributed by atoms with Crippen LogP contribution in [0.5, 0.6) is 0 Å². The molecule has 1 aliphatic heterocycles. The molecule has 0 spiro atoms. The van der Waals surface area contributed by atoms with Gasteiger partial charge in [0, 0.05) is 52.8 Å². The fourth-order valence-corrected chi connectivity index (χ4v) is 10.5. The van der Waals surface area contributed by atoms with E-state index in [-0.39, 0.29) is 18.5 Å². The van der Waals surface area contributed by atoms with Crippen LogP contribution in [0, 0.1) is 0 Å². The molecular weight excluding hydrogens is 717 g/mol. The Morgan fingerprint density at radius 3 is 1.70 bits per heavy atom. The molecular formula is C51H36N4OS. The summed E-state index contributed by atoms with van der Waals surface area (Å²) in [4.78, 5) is 0. The molecule has 3 aromatic heterocycles. The molecule has 6 heteroatoms. The second-order valence-corrected chi connectivity index (χ2v) is 16.0. The lowest BCUT2D eigenvalue weighted by atomic mass is 9.97. The Hall–Kier alpha value is -6.54. The third-order valence-corrected chi connectivity index (χ3v) is 12.9. The van der Waals surface area contributed by atoms with Crippen molar-refractivity contribution in [2.75, 3.05) is 0 Å². The van der Waals surface area contributed by atoms with Crippen molar-refractivity contribution in [3.05, 3.63) is 199 Å². The van der Waals surface area contributed by atoms with Gasteiger partial charge in [-0.3, -0.25) is 16.0 Å². The number of hydrogen-bond donors (Lipinski definition) is 3. The van der Waals surface area contributed by atoms with Crippen LogP contribution in [0.2, 0.25) is 0 Å². The summed E-state index contributed by atoms with van der Waals surface area (Å²) in [5.41, 5.74) is 11.2. The number of thiophene rings is 1. The van der Waals surface area contributed by atoms with Crippen LogP contribution in [0.3, 0.4) is 0 Å². The molecule has 0 saturated carbocycles. The van der Waals surface area contributed by atoms with Crippen molar-refractivity contribution in [2.45, 2.75) is 18.5 Å². The minimum Gasteiger partial charge on any atom is -0.455 e. The molecule has 272 valence electrons. The molecule has 57 heavy (non-hydrogen) atoms. The predicted molar refractivity (Wildman–Crippen MR) is 237 cm³/mol. The smallest absolute Gasteiger partial charge is 0.143 e. The first kappa shape index (κ1) is 32.7. The largest absolute Gasteiger partial charge is 0.455 e. The molecule has 0 radical (unpaired) electrons. The number of benzene rings is 8. The first-order valence-corrected chi connectivity index (χ1v) is 20.4. The fraction of sp³-hybridized carbons (Fsp3) is 0.0588. The molecule has 8 aromatic carbocycles. The second kappa shape index (κ2) is 13.0. The number of rotatable bonds is 5. The Morgan fingerprint density at radius 2 is 1.00 bits per heavy atom. The highest BCUT2D eigenvalue weighted by Crippen LogP contribution is 2.47. The molecule has 2 atom stereocenters. The summed E-state index contributed by atoms with van der Waals surface area (Å²) in [6.45, 7) is 0. The van der Waals surface area contributed by atoms with E-state index in [9.17, 15) is 0 Å². The average molecular weight is 753 g/mol. The number of aromatic nitrogens is 1. The quantitative estimate of drug-likeness (QED) is 0.164. The summed E-state index contributed by atoms with van der Waals surface area (Å²) < 4.78 is 11.9. The minimum atomic E-state index is -0.153. The van der Waals surface area contributed by atoms with E-state index < -0.39 is 0 Å². The van der Waals surface area contributed by atoms with Gasteiger partial charge in [0.1, 0.15) is 11.2 Å². The van der Waals surface area contributed by atoms with Crippen LogP contribution in [0.4, 0.5) is 0 Å². The number of hydrogen-bond acceptors (Lipinski definition) is 5. The molecule has 11 aromatic rings. The maximum absolute atomic E-state index is 6.92. The maximum Gasteiger partial charge on any atom is 0.143 e. The van der Waals surface area contributed by atoms with Gasteiger partial charge in [0.05, 0.1) is 35.2 Å². The van der Waals surface area contributed by atoms with E-state index in [0.717, 1.165) is 33.1 Å². The van der Waals surface area contributed by atoms with Crippen LogP contribution in [-0.2, 0) is 0 Å². The minimum absolute atomic E-state index is 0.0652. The molecule has 3 N–H and O–H groups in total. The van der Waals surface area contributed by atoms with Crippen molar-refractivity contribution in [1.82, 2.24) is 20.5 Å². The third-order valence-electron chi connectivity index (χ3n) is 11.7. The predicted octanol–water partition coefficient (Wildman–Crippen LogP) is 12.9. The van der Waals surface area contributed by atoms with Crippen molar-refractivity contribution in [3.63, 3.8) is 0 Å². The molecule has 12 rings (SSSR count). The van der Waals surface area contributed by atoms with Crippen LogP contribution < -0.4 is 16.0 Å². The summed E-state index contributed by atoms with van der Waals surface area (Å²) in [7, 11) is 0. The Kier molecular flexibility index (Phi) is 7.46. The molecule has 0 amide bonds. The van der Waals surface area contributed by atoms with Crippen LogP contribution >= 0.6 is 11.3 Å². The van der Waals surface area contributed by atoms with Gasteiger partial charge < -0.3 is 8.98 Å². The molecule has 5 nitrogen and oxygen atoms in total. The van der Waals surface area contributed by atoms with E-state index in [4.69, 9.17) is 4.42 Å². The van der Waals surface area contributed by atoms with E-state index in [1.54, 1.807) is 0 Å². The summed E-state index contributed by atoms with van der Waals surface area (Å²) in [5.74, 6) is 0. The highest BCUT2D eigenvalue weighted by molar-refractivity contribution is 7.26. The molecule has 1 fully saturated rings. The Labute approximate surface area is 332 Å². The summed E-state index contributed by atoms with van der Waals surface area (Å²) in [6.07, 6.45) is -0.283. The lowest BCUT2D eigenvalue weighted by Crippen LogP contribution is -2.54. The van der Waals surface area contributed by atoms with Gasteiger partial charge >= 0.3 is 0 Å². The maximum atomic E-state index is 6.92. The summed E-state index contributed by atoms with van der Waals surface area (Å²) in [6, 6.07) is 65.3. The Bertz CT molecular complexity index is 3210. The van der Waals surface area contributed by atoms with E-state index in [1.807, 2.05) is 11.3 Å². The normalized spacial score (nSPS) is 17.4. The van der Waals surface area contributed by atoms with Crippen LogP contribution in [-0.4, -0.2) is 4.57 Å². The van der Waals surface area contributed by atoms with Gasteiger partial charge in [-0.25, -0.2) is 0 Å². The topological polar surface area (TPSA) is 54.2 Å². The zero-order valence-corrected chi connectivity index (χ0v) is 31.6. The number of para-hydroxylation sites is 3. The zero-order valence-electron chi connectivity index (χ0n) is 30.8. The number of furan rings is 1. The Morgan fingerprint density at radius 1 is 0.439 bits per heavy atom. The zero-order chi connectivity index (χ0) is 37.5. The number of nitrogens with one attached hydrogen (secondary N) is 3. The van der Waals surface area contributed by atoms with Gasteiger partial charge in [-0.05, 0) is 47.0 Å². The first-order chi connectivity index (χ1) is 28.3. The molecule has 0 bridgehead atoms. The molecule has 1 saturated heterocycles. The van der Waals surface area contributed by atoms with Crippen LogP contribution in [0.1, 0.15) is 35.2 Å². The summed E-state index contributed by atoms with van der Waals surface area (Å²) in [5, 5.41) is 18.9. The summed E-state index contributed by atoms with van der Waals surface area (Å²) >= 11 is 1.86. The van der Waals surface area contributed by atoms with Crippen molar-refractivity contribution in [3.8, 4) is 16.8 Å². The number of nitrogens with zero attached hydrogens (tertiary/aromatic N) is 1. The molecule has 2 unspecified atom stereocenters. The second-order valence-electron chi connectivity index (χ2n) is 14.9. The molecule has 4 heterocycles. The molecule has 0 aliphatic carbocycles. The van der Waals surface area contributed by atoms with E-state index in [1.165, 1.54) is 64.4 Å². The van der Waals surface area contributed by atoms with Crippen molar-refractivity contribution in [2.24, 2.45) is 0 Å². The van der Waals surface area contributed by atoms with Gasteiger partial charge in [-0.15, -0.1) is 11.3 Å². The van der Waals surface area contributed by atoms with Gasteiger partial charge in [0.15, 0.2) is 0 Å². The lowest BCUT2D eigenvalue weighted by Gasteiger charge is -2.39. The van der Waals surface area contributed by atoms with Crippen molar-refractivity contribution < 1.29 is 4.42 Å². The van der Waals surface area contributed by atoms with E-state index in [0.29, 0.717) is 0 Å². The highest BCUT2D eigenvalue weighted by Gasteiger charge is 2.31. The van der Waals surface area contributed by atoms with E-state index >= 15 is 0 Å². The first-order valence-electron chi connectivity index (χ1n) is 19.5. The van der Waals surface area contributed by atoms with Gasteiger partial charge in [-0.1, -0.05) is 152 Å². The SMILES string of the molecule is c1ccc(C2NC(c3ccccc3)NC(c3cccc4oc5c(-c6cccc7c6sc6cccc(-n8c9ccccc9c9ccccc98)c67)cccc5c34)N2)cc1. The monoisotopic (exact) mass is 752 g/mol. The van der Waals surface area contributed by atoms with Crippen molar-refractivity contribution >= 4 is 75.3 Å². The standard InChI is InChI=1S/C51H36N4OS/c1-3-15-31(16-4-1)49-52-50(32-17-5-2-6-18-32)54-51(53-49)39-25-13-29-43-45(39)37-23-11-21-35(47(37)56-43)36-22-12-24-38-46-42(28-14-30-44(46)57-48(36)38)55-40-26-9-7-19-33(40)34-20-8-10-27-41(34)55/h1-30,49-54H.